The van der Waals surface area contributed by atoms with Gasteiger partial charge in [-0.1, -0.05) is 25.1 Å². The van der Waals surface area contributed by atoms with Gasteiger partial charge in [0.2, 0.25) is 5.88 Å². The van der Waals surface area contributed by atoms with E-state index in [1.54, 1.807) is 13.3 Å². The average molecular weight is 274 g/mol. The molecule has 106 valence electrons. The highest BCUT2D eigenvalue weighted by atomic mass is 19.1. The van der Waals surface area contributed by atoms with Crippen LogP contribution >= 0.6 is 0 Å². The molecule has 0 aliphatic carbocycles. The van der Waals surface area contributed by atoms with Crippen LogP contribution in [0.1, 0.15) is 24.1 Å². The van der Waals surface area contributed by atoms with Crippen molar-refractivity contribution < 1.29 is 9.13 Å². The van der Waals surface area contributed by atoms with Gasteiger partial charge in [0.1, 0.15) is 5.82 Å². The monoisotopic (exact) mass is 274 g/mol. The predicted octanol–water partition coefficient (Wildman–Crippen LogP) is 3.12. The summed E-state index contributed by atoms with van der Waals surface area (Å²) in [5.41, 5.74) is 2.09. The van der Waals surface area contributed by atoms with Crippen LogP contribution in [-0.4, -0.2) is 18.6 Å². The Morgan fingerprint density at radius 3 is 2.65 bits per heavy atom. The van der Waals surface area contributed by atoms with Crippen molar-refractivity contribution in [3.63, 3.8) is 0 Å². The summed E-state index contributed by atoms with van der Waals surface area (Å²) in [6, 6.07) is 10.6. The van der Waals surface area contributed by atoms with E-state index in [1.807, 2.05) is 24.3 Å². The minimum absolute atomic E-state index is 0.0918. The molecule has 0 saturated carbocycles. The van der Waals surface area contributed by atoms with Crippen molar-refractivity contribution in [2.45, 2.75) is 19.4 Å². The van der Waals surface area contributed by atoms with Crippen LogP contribution in [0.5, 0.6) is 5.88 Å². The van der Waals surface area contributed by atoms with E-state index < -0.39 is 0 Å². The molecular formula is C16H19FN2O. The molecule has 1 heterocycles. The number of halogens is 1. The van der Waals surface area contributed by atoms with Crippen molar-refractivity contribution in [1.29, 1.82) is 0 Å². The molecule has 0 radical (unpaired) electrons. The number of aromatic nitrogens is 1. The predicted molar refractivity (Wildman–Crippen MR) is 77.3 cm³/mol. The first-order chi connectivity index (χ1) is 9.74. The Labute approximate surface area is 118 Å². The smallest absolute Gasteiger partial charge is 0.217 e. The second-order valence-electron chi connectivity index (χ2n) is 4.54. The molecule has 1 aromatic carbocycles. The normalized spacial score (nSPS) is 12.2. The number of hydrogen-bond acceptors (Lipinski definition) is 3. The quantitative estimate of drug-likeness (QED) is 0.878. The number of methoxy groups -OCH3 is 1. The molecule has 3 nitrogen and oxygen atoms in total. The number of rotatable bonds is 6. The fourth-order valence-corrected chi connectivity index (χ4v) is 2.23. The Kier molecular flexibility index (Phi) is 5.07. The molecule has 20 heavy (non-hydrogen) atoms. The van der Waals surface area contributed by atoms with Crippen LogP contribution in [0, 0.1) is 5.82 Å². The second-order valence-corrected chi connectivity index (χ2v) is 4.54. The van der Waals surface area contributed by atoms with Crippen LogP contribution in [0.2, 0.25) is 0 Å². The van der Waals surface area contributed by atoms with Crippen molar-refractivity contribution >= 4 is 0 Å². The minimum Gasteiger partial charge on any atom is -0.481 e. The van der Waals surface area contributed by atoms with E-state index in [9.17, 15) is 4.39 Å². The summed E-state index contributed by atoms with van der Waals surface area (Å²) in [7, 11) is 1.62. The van der Waals surface area contributed by atoms with Crippen LogP contribution in [-0.2, 0) is 6.42 Å². The first-order valence-corrected chi connectivity index (χ1v) is 6.71. The number of ether oxygens (including phenoxy) is 1. The highest BCUT2D eigenvalue weighted by Crippen LogP contribution is 2.25. The van der Waals surface area contributed by atoms with E-state index in [1.165, 1.54) is 12.1 Å². The number of pyridine rings is 1. The standard InChI is InChI=1S/C16H19FN2O/c1-3-18-15(11-12-6-8-13(17)9-7-12)14-5-4-10-19-16(14)20-2/h4-10,15,18H,3,11H2,1-2H3. The Morgan fingerprint density at radius 2 is 2.00 bits per heavy atom. The fourth-order valence-electron chi connectivity index (χ4n) is 2.23. The van der Waals surface area contributed by atoms with Gasteiger partial charge in [0, 0.05) is 17.8 Å². The van der Waals surface area contributed by atoms with Gasteiger partial charge < -0.3 is 10.1 Å². The zero-order valence-electron chi connectivity index (χ0n) is 11.8. The van der Waals surface area contributed by atoms with Gasteiger partial charge in [-0.2, -0.15) is 0 Å². The zero-order valence-corrected chi connectivity index (χ0v) is 11.8. The third-order valence-corrected chi connectivity index (χ3v) is 3.17. The van der Waals surface area contributed by atoms with E-state index in [-0.39, 0.29) is 11.9 Å². The number of likely N-dealkylation sites (N-methyl/N-ethyl adjacent to an activating group) is 1. The highest BCUT2D eigenvalue weighted by Gasteiger charge is 2.16. The molecule has 4 heteroatoms. The first-order valence-electron chi connectivity index (χ1n) is 6.71. The third-order valence-electron chi connectivity index (χ3n) is 3.17. The Bertz CT molecular complexity index is 542. The van der Waals surface area contributed by atoms with E-state index in [2.05, 4.69) is 17.2 Å². The third kappa shape index (κ3) is 3.54. The lowest BCUT2D eigenvalue weighted by molar-refractivity contribution is 0.382. The topological polar surface area (TPSA) is 34.2 Å². The number of nitrogens with one attached hydrogen (secondary N) is 1. The van der Waals surface area contributed by atoms with E-state index in [4.69, 9.17) is 4.74 Å². The fraction of sp³-hybridized carbons (Fsp3) is 0.312. The van der Waals surface area contributed by atoms with Crippen molar-refractivity contribution in [2.24, 2.45) is 0 Å². The van der Waals surface area contributed by atoms with Crippen molar-refractivity contribution in [1.82, 2.24) is 10.3 Å². The van der Waals surface area contributed by atoms with Crippen LogP contribution in [0.25, 0.3) is 0 Å². The molecule has 0 aliphatic heterocycles. The van der Waals surface area contributed by atoms with Gasteiger partial charge >= 0.3 is 0 Å². The minimum atomic E-state index is -0.215. The number of nitrogens with zero attached hydrogens (tertiary/aromatic N) is 1. The summed E-state index contributed by atoms with van der Waals surface area (Å²) < 4.78 is 18.3. The summed E-state index contributed by atoms with van der Waals surface area (Å²) in [6.07, 6.45) is 2.47. The van der Waals surface area contributed by atoms with Gasteiger partial charge in [0.15, 0.2) is 0 Å². The molecule has 0 saturated heterocycles. The summed E-state index contributed by atoms with van der Waals surface area (Å²) in [5, 5.41) is 3.42. The van der Waals surface area contributed by atoms with Gasteiger partial charge in [-0.25, -0.2) is 9.37 Å². The van der Waals surface area contributed by atoms with E-state index in [0.717, 1.165) is 24.1 Å². The Hall–Kier alpha value is -1.94. The van der Waals surface area contributed by atoms with Gasteiger partial charge in [-0.3, -0.25) is 0 Å². The van der Waals surface area contributed by atoms with Crippen molar-refractivity contribution in [2.75, 3.05) is 13.7 Å². The van der Waals surface area contributed by atoms with Crippen LogP contribution < -0.4 is 10.1 Å². The first kappa shape index (κ1) is 14.5. The maximum Gasteiger partial charge on any atom is 0.217 e. The molecule has 1 aromatic heterocycles. The Balaban J connectivity index is 2.24. The zero-order chi connectivity index (χ0) is 14.4. The highest BCUT2D eigenvalue weighted by molar-refractivity contribution is 5.31. The molecule has 1 atom stereocenters. The molecule has 0 bridgehead atoms. The molecule has 0 amide bonds. The van der Waals surface area contributed by atoms with E-state index in [0.29, 0.717) is 5.88 Å². The summed E-state index contributed by atoms with van der Waals surface area (Å²) in [6.45, 7) is 2.89. The average Bonchev–Trinajstić information content (AvgIpc) is 2.49. The number of benzene rings is 1. The SMILES string of the molecule is CCNC(Cc1ccc(F)cc1)c1cccnc1OC. The molecular weight excluding hydrogens is 255 g/mol. The lowest BCUT2D eigenvalue weighted by atomic mass is 9.99. The lowest BCUT2D eigenvalue weighted by Crippen LogP contribution is -2.23. The Morgan fingerprint density at radius 1 is 1.25 bits per heavy atom. The summed E-state index contributed by atoms with van der Waals surface area (Å²) in [4.78, 5) is 4.23. The lowest BCUT2D eigenvalue weighted by Gasteiger charge is -2.20. The van der Waals surface area contributed by atoms with Crippen LogP contribution in [0.15, 0.2) is 42.6 Å². The molecule has 2 aromatic rings. The maximum atomic E-state index is 13.0. The van der Waals surface area contributed by atoms with Crippen molar-refractivity contribution in [3.05, 3.63) is 59.5 Å². The van der Waals surface area contributed by atoms with E-state index >= 15 is 0 Å². The van der Waals surface area contributed by atoms with Gasteiger partial charge in [0.25, 0.3) is 0 Å². The second kappa shape index (κ2) is 7.01. The molecule has 0 fully saturated rings. The molecule has 1 N–H and O–H groups in total. The van der Waals surface area contributed by atoms with Crippen LogP contribution in [0.4, 0.5) is 4.39 Å². The maximum absolute atomic E-state index is 13.0. The van der Waals surface area contributed by atoms with Gasteiger partial charge in [-0.15, -0.1) is 0 Å². The summed E-state index contributed by atoms with van der Waals surface area (Å²) in [5.74, 6) is 0.410. The van der Waals surface area contributed by atoms with Gasteiger partial charge in [0.05, 0.1) is 7.11 Å². The number of hydrogen-bond donors (Lipinski definition) is 1. The molecule has 1 unspecified atom stereocenters. The summed E-state index contributed by atoms with van der Waals surface area (Å²) >= 11 is 0. The molecule has 2 rings (SSSR count). The van der Waals surface area contributed by atoms with Crippen LogP contribution in [0.3, 0.4) is 0 Å². The van der Waals surface area contributed by atoms with Crippen molar-refractivity contribution in [3.8, 4) is 5.88 Å². The molecule has 0 spiro atoms. The largest absolute Gasteiger partial charge is 0.481 e. The van der Waals surface area contributed by atoms with Gasteiger partial charge in [-0.05, 0) is 36.7 Å². The molecule has 0 aliphatic rings.